The zero-order valence-electron chi connectivity index (χ0n) is 24.0. The van der Waals surface area contributed by atoms with E-state index < -0.39 is 32.4 Å². The Morgan fingerprint density at radius 3 is 2.17 bits per heavy atom. The fourth-order valence-electron chi connectivity index (χ4n) is 4.16. The number of unbranched alkanes of at least 4 members (excludes halogenated alkanes) is 5. The molecule has 3 aromatic carbocycles. The number of carboxylic acids is 1. The van der Waals surface area contributed by atoms with Gasteiger partial charge in [-0.1, -0.05) is 69.4 Å². The third-order valence-corrected chi connectivity index (χ3v) is 7.59. The van der Waals surface area contributed by atoms with E-state index in [1.165, 1.54) is 32.8 Å². The molecule has 11 heteroatoms. The van der Waals surface area contributed by atoms with Gasteiger partial charge < -0.3 is 19.3 Å². The number of aromatic carboxylic acids is 1. The maximum Gasteiger partial charge on any atom is 0.337 e. The summed E-state index contributed by atoms with van der Waals surface area (Å²) in [5.74, 6) is -1.27. The fourth-order valence-corrected chi connectivity index (χ4v) is 5.04. The number of hydrogen-bond donors (Lipinski definition) is 2. The van der Waals surface area contributed by atoms with Gasteiger partial charge in [0.2, 0.25) is 0 Å². The molecule has 0 aliphatic carbocycles. The van der Waals surface area contributed by atoms with Crippen LogP contribution >= 0.6 is 0 Å². The van der Waals surface area contributed by atoms with Crippen LogP contribution < -0.4 is 14.3 Å². The zero-order valence-corrected chi connectivity index (χ0v) is 24.8. The lowest BCUT2D eigenvalue weighted by Gasteiger charge is -2.14. The van der Waals surface area contributed by atoms with Crippen LogP contribution in [0.5, 0.6) is 11.5 Å². The van der Waals surface area contributed by atoms with Crippen LogP contribution in [0.15, 0.2) is 76.7 Å². The van der Waals surface area contributed by atoms with E-state index in [0.717, 1.165) is 38.2 Å². The summed E-state index contributed by atoms with van der Waals surface area (Å²) in [5, 5.41) is 13.7. The smallest absolute Gasteiger partial charge is 0.337 e. The predicted octanol–water partition coefficient (Wildman–Crippen LogP) is 5.65. The van der Waals surface area contributed by atoms with Gasteiger partial charge in [-0.15, -0.1) is 0 Å². The highest BCUT2D eigenvalue weighted by molar-refractivity contribution is 7.89. The maximum atomic E-state index is 13.2. The fraction of sp³-hybridized carbons (Fsp3) is 0.323. The third kappa shape index (κ3) is 8.81. The van der Waals surface area contributed by atoms with Crippen LogP contribution in [0.2, 0.25) is 0 Å². The summed E-state index contributed by atoms with van der Waals surface area (Å²) in [5.41, 5.74) is 0.806. The van der Waals surface area contributed by atoms with Crippen LogP contribution in [0.25, 0.3) is 0 Å². The molecule has 0 saturated heterocycles. The number of hydrogen-bond acceptors (Lipinski definition) is 8. The van der Waals surface area contributed by atoms with Crippen molar-refractivity contribution >= 4 is 27.7 Å². The van der Waals surface area contributed by atoms with Crippen molar-refractivity contribution in [3.63, 3.8) is 0 Å². The van der Waals surface area contributed by atoms with E-state index in [4.69, 9.17) is 9.47 Å². The lowest BCUT2D eigenvalue weighted by atomic mass is 10.0. The Morgan fingerprint density at radius 2 is 1.50 bits per heavy atom. The van der Waals surface area contributed by atoms with Gasteiger partial charge in [-0.3, -0.25) is 0 Å². The number of methoxy groups -OCH3 is 2. The van der Waals surface area contributed by atoms with Gasteiger partial charge in [-0.2, -0.15) is 18.4 Å². The quantitative estimate of drug-likeness (QED) is 0.0936. The number of carbonyl (C=O) groups is 2. The summed E-state index contributed by atoms with van der Waals surface area (Å²) in [6.07, 6.45) is 6.84. The second-order valence-electron chi connectivity index (χ2n) is 9.45. The molecule has 0 radical (unpaired) electrons. The molecule has 0 amide bonds. The largest absolute Gasteiger partial charge is 0.493 e. The molecule has 2 N–H and O–H groups in total. The first kappa shape index (κ1) is 32.1. The second-order valence-corrected chi connectivity index (χ2v) is 11.1. The zero-order chi connectivity index (χ0) is 30.5. The van der Waals surface area contributed by atoms with Gasteiger partial charge in [0.05, 0.1) is 42.6 Å². The van der Waals surface area contributed by atoms with E-state index in [2.05, 4.69) is 21.6 Å². The van der Waals surface area contributed by atoms with Gasteiger partial charge in [0, 0.05) is 11.1 Å². The number of sulfonamides is 1. The molecule has 0 saturated carbocycles. The summed E-state index contributed by atoms with van der Waals surface area (Å²) >= 11 is 0. The molecule has 0 spiro atoms. The molecule has 3 aromatic rings. The molecule has 0 aliphatic rings. The summed E-state index contributed by atoms with van der Waals surface area (Å²) in [6.45, 7) is 2.73. The number of nitrogens with zero attached hydrogens (tertiary/aromatic N) is 1. The predicted molar refractivity (Wildman–Crippen MR) is 159 cm³/mol. The average Bonchev–Trinajstić information content (AvgIpc) is 3.00. The lowest BCUT2D eigenvalue weighted by Crippen LogP contribution is -2.22. The number of nitrogens with one attached hydrogen (secondary N) is 1. The first-order valence-corrected chi connectivity index (χ1v) is 15.1. The molecule has 0 bridgehead atoms. The van der Waals surface area contributed by atoms with E-state index >= 15 is 0 Å². The van der Waals surface area contributed by atoms with Crippen molar-refractivity contribution in [3.8, 4) is 11.5 Å². The molecule has 0 heterocycles. The van der Waals surface area contributed by atoms with Crippen molar-refractivity contribution in [2.45, 2.75) is 50.3 Å². The first-order chi connectivity index (χ1) is 20.2. The molecule has 0 fully saturated rings. The van der Waals surface area contributed by atoms with E-state index in [9.17, 15) is 23.1 Å². The average molecular weight is 597 g/mol. The molecule has 0 aliphatic heterocycles. The Bertz CT molecular complexity index is 1500. The van der Waals surface area contributed by atoms with Gasteiger partial charge in [0.25, 0.3) is 10.0 Å². The highest BCUT2D eigenvalue weighted by Crippen LogP contribution is 2.30. The van der Waals surface area contributed by atoms with Crippen LogP contribution in [0, 0.1) is 0 Å². The highest BCUT2D eigenvalue weighted by Gasteiger charge is 2.21. The molecule has 10 nitrogen and oxygen atoms in total. The van der Waals surface area contributed by atoms with E-state index in [-0.39, 0.29) is 11.3 Å². The molecule has 42 heavy (non-hydrogen) atoms. The van der Waals surface area contributed by atoms with Gasteiger partial charge in [0.1, 0.15) is 0 Å². The van der Waals surface area contributed by atoms with Crippen molar-refractivity contribution in [2.24, 2.45) is 5.10 Å². The first-order valence-electron chi connectivity index (χ1n) is 13.6. The van der Waals surface area contributed by atoms with E-state index in [1.54, 1.807) is 42.5 Å². The minimum absolute atomic E-state index is 0.230. The Kier molecular flexibility index (Phi) is 11.9. The van der Waals surface area contributed by atoms with Crippen molar-refractivity contribution in [3.05, 3.63) is 89.0 Å². The molecule has 0 atom stereocenters. The minimum atomic E-state index is -4.40. The minimum Gasteiger partial charge on any atom is -0.493 e. The highest BCUT2D eigenvalue weighted by atomic mass is 32.2. The van der Waals surface area contributed by atoms with Gasteiger partial charge in [-0.25, -0.2) is 9.59 Å². The summed E-state index contributed by atoms with van der Waals surface area (Å²) in [6, 6.07) is 17.1. The number of carboxylic acid groups (broad SMARTS) is 1. The monoisotopic (exact) mass is 596 g/mol. The van der Waals surface area contributed by atoms with Gasteiger partial charge in [0.15, 0.2) is 11.5 Å². The Balaban J connectivity index is 1.91. The Morgan fingerprint density at radius 1 is 0.810 bits per heavy atom. The maximum absolute atomic E-state index is 13.2. The summed E-state index contributed by atoms with van der Waals surface area (Å²) in [4.78, 5) is 25.4. The Hall–Kier alpha value is -4.38. The third-order valence-electron chi connectivity index (χ3n) is 6.40. The van der Waals surface area contributed by atoms with Crippen molar-refractivity contribution < 1.29 is 37.3 Å². The number of benzene rings is 3. The van der Waals surface area contributed by atoms with Crippen LogP contribution in [0.4, 0.5) is 0 Å². The van der Waals surface area contributed by atoms with Crippen LogP contribution in [-0.2, 0) is 14.8 Å². The number of ether oxygens (including phenoxy) is 3. The van der Waals surface area contributed by atoms with Gasteiger partial charge >= 0.3 is 11.9 Å². The second kappa shape index (κ2) is 15.6. The number of hydrazone groups is 1. The summed E-state index contributed by atoms with van der Waals surface area (Å²) < 4.78 is 42.6. The van der Waals surface area contributed by atoms with Crippen LogP contribution in [0.3, 0.4) is 0 Å². The van der Waals surface area contributed by atoms with Crippen molar-refractivity contribution in [1.82, 2.24) is 4.83 Å². The molecule has 224 valence electrons. The number of esters is 1. The van der Waals surface area contributed by atoms with Gasteiger partial charge in [-0.05, 0) is 42.8 Å². The number of carbonyl (C=O) groups excluding carboxylic acids is 1. The van der Waals surface area contributed by atoms with E-state index in [1.807, 2.05) is 6.07 Å². The van der Waals surface area contributed by atoms with Crippen LogP contribution in [-0.4, -0.2) is 52.0 Å². The normalized spacial score (nSPS) is 11.5. The summed E-state index contributed by atoms with van der Waals surface area (Å²) in [7, 11) is -1.77. The molecule has 0 unspecified atom stereocenters. The van der Waals surface area contributed by atoms with Crippen molar-refractivity contribution in [2.75, 3.05) is 20.8 Å². The van der Waals surface area contributed by atoms with E-state index in [0.29, 0.717) is 29.2 Å². The Labute approximate surface area is 246 Å². The lowest BCUT2D eigenvalue weighted by molar-refractivity contribution is 0.0600. The topological polar surface area (TPSA) is 141 Å². The molecule has 3 rings (SSSR count). The molecular formula is C31H36N2O8S. The number of rotatable bonds is 16. The SMILES string of the molecule is CCCCCCCCOc1ccc(/C(=N\NS(=O)(=O)c2cc(C(=O)O)cc(C(=O)OC)c2)c2ccccc2)cc1OC. The standard InChI is InChI=1S/C31H36N2O8S/c1-4-5-6-7-8-12-17-41-27-16-15-23(21-28(27)39-2)29(22-13-10-9-11-14-22)32-33-42(37,38)26-19-24(30(34)35)18-25(20-26)31(36)40-3/h9-11,13-16,18-21,33H,4-8,12,17H2,1-3H3,(H,34,35)/b32-29-. The molecule has 0 aromatic heterocycles. The van der Waals surface area contributed by atoms with Crippen molar-refractivity contribution in [1.29, 1.82) is 0 Å². The molecular weight excluding hydrogens is 560 g/mol. The van der Waals surface area contributed by atoms with Crippen LogP contribution in [0.1, 0.15) is 77.3 Å².